The van der Waals surface area contributed by atoms with Gasteiger partial charge in [0.15, 0.2) is 0 Å². The third-order valence-electron chi connectivity index (χ3n) is 1.67. The van der Waals surface area contributed by atoms with Crippen LogP contribution in [-0.4, -0.2) is 0 Å². The van der Waals surface area contributed by atoms with Gasteiger partial charge >= 0.3 is 0 Å². The van der Waals surface area contributed by atoms with Crippen molar-refractivity contribution in [2.45, 2.75) is 0 Å². The number of hydrogen-bond donors (Lipinski definition) is 0. The van der Waals surface area contributed by atoms with Crippen molar-refractivity contribution in [2.24, 2.45) is 0 Å². The van der Waals surface area contributed by atoms with E-state index in [1.165, 1.54) is 10.1 Å². The van der Waals surface area contributed by atoms with Gasteiger partial charge in [0.2, 0.25) is 0 Å². The van der Waals surface area contributed by atoms with Crippen LogP contribution in [0.15, 0.2) is 28.7 Å². The zero-order valence-electron chi connectivity index (χ0n) is 6.17. The van der Waals surface area contributed by atoms with Crippen LogP contribution < -0.4 is 0 Å². The molecule has 0 aliphatic heterocycles. The minimum Gasteiger partial charge on any atom is -0.125 e. The fourth-order valence-electron chi connectivity index (χ4n) is 1.11. The molecule has 0 saturated carbocycles. The Labute approximate surface area is 83.4 Å². The first kappa shape index (κ1) is 7.85. The van der Waals surface area contributed by atoms with Crippen molar-refractivity contribution < 1.29 is 0 Å². The summed E-state index contributed by atoms with van der Waals surface area (Å²) in [6.07, 6.45) is 5.34. The molecule has 0 atom stereocenters. The molecule has 0 N–H and O–H groups in total. The van der Waals surface area contributed by atoms with Crippen molar-refractivity contribution in [3.63, 3.8) is 0 Å². The topological polar surface area (TPSA) is 0 Å². The number of terminal acetylenes is 1. The molecule has 12 heavy (non-hydrogen) atoms. The molecule has 0 fully saturated rings. The lowest BCUT2D eigenvalue weighted by Gasteiger charge is -1.86. The second kappa shape index (κ2) is 2.93. The molecule has 0 saturated heterocycles. The molecule has 1 heterocycles. The first-order valence-corrected chi connectivity index (χ1v) is 5.07. The standard InChI is InChI=1S/C10H5BrS/c1-2-8-10(11)7-5-3-4-6-9(7)12-8/h1,3-6H. The van der Waals surface area contributed by atoms with Gasteiger partial charge in [0.1, 0.15) is 0 Å². The lowest BCUT2D eigenvalue weighted by molar-refractivity contribution is 1.81. The van der Waals surface area contributed by atoms with Gasteiger partial charge < -0.3 is 0 Å². The van der Waals surface area contributed by atoms with Crippen molar-refractivity contribution in [1.82, 2.24) is 0 Å². The van der Waals surface area contributed by atoms with E-state index in [1.54, 1.807) is 11.3 Å². The van der Waals surface area contributed by atoms with E-state index in [9.17, 15) is 0 Å². The molecule has 1 aromatic heterocycles. The minimum absolute atomic E-state index is 0.969. The molecule has 0 unspecified atom stereocenters. The van der Waals surface area contributed by atoms with Crippen LogP contribution in [0.1, 0.15) is 4.88 Å². The van der Waals surface area contributed by atoms with Crippen LogP contribution in [-0.2, 0) is 0 Å². The molecule has 2 heteroatoms. The van der Waals surface area contributed by atoms with E-state index in [0.717, 1.165) is 9.35 Å². The number of fused-ring (bicyclic) bond motifs is 1. The van der Waals surface area contributed by atoms with E-state index >= 15 is 0 Å². The summed E-state index contributed by atoms with van der Waals surface area (Å²) in [6, 6.07) is 8.17. The highest BCUT2D eigenvalue weighted by Gasteiger charge is 2.05. The molecule has 0 spiro atoms. The fourth-order valence-corrected chi connectivity index (χ4v) is 2.85. The second-order valence-electron chi connectivity index (χ2n) is 2.39. The van der Waals surface area contributed by atoms with Crippen molar-refractivity contribution in [1.29, 1.82) is 0 Å². The van der Waals surface area contributed by atoms with Crippen LogP contribution in [0.3, 0.4) is 0 Å². The lowest BCUT2D eigenvalue weighted by atomic mass is 10.2. The Morgan fingerprint density at radius 1 is 1.33 bits per heavy atom. The summed E-state index contributed by atoms with van der Waals surface area (Å²) in [4.78, 5) is 0.969. The van der Waals surface area contributed by atoms with E-state index in [1.807, 2.05) is 12.1 Å². The van der Waals surface area contributed by atoms with E-state index in [-0.39, 0.29) is 0 Å². The average Bonchev–Trinajstić information content (AvgIpc) is 2.44. The van der Waals surface area contributed by atoms with Crippen molar-refractivity contribution >= 4 is 37.4 Å². The molecular formula is C10H5BrS. The van der Waals surface area contributed by atoms with Gasteiger partial charge in [-0.2, -0.15) is 0 Å². The van der Waals surface area contributed by atoms with Crippen LogP contribution >= 0.6 is 27.3 Å². The fraction of sp³-hybridized carbons (Fsp3) is 0. The van der Waals surface area contributed by atoms with Gasteiger partial charge in [0.25, 0.3) is 0 Å². The Hall–Kier alpha value is -0.780. The van der Waals surface area contributed by atoms with Crippen molar-refractivity contribution in [2.75, 3.05) is 0 Å². The maximum Gasteiger partial charge on any atom is 0.0920 e. The van der Waals surface area contributed by atoms with E-state index in [2.05, 4.69) is 34.0 Å². The van der Waals surface area contributed by atoms with Gasteiger partial charge in [-0.25, -0.2) is 0 Å². The normalized spacial score (nSPS) is 10.0. The van der Waals surface area contributed by atoms with Crippen molar-refractivity contribution in [3.8, 4) is 12.3 Å². The molecular weight excluding hydrogens is 232 g/mol. The number of halogens is 1. The average molecular weight is 237 g/mol. The van der Waals surface area contributed by atoms with Gasteiger partial charge in [-0.15, -0.1) is 17.8 Å². The molecule has 0 nitrogen and oxygen atoms in total. The molecule has 0 radical (unpaired) electrons. The molecule has 0 amide bonds. The van der Waals surface area contributed by atoms with Gasteiger partial charge in [-0.1, -0.05) is 24.1 Å². The summed E-state index contributed by atoms with van der Waals surface area (Å²) >= 11 is 5.12. The molecule has 0 bridgehead atoms. The Kier molecular flexibility index (Phi) is 1.92. The molecule has 2 rings (SSSR count). The molecule has 2 aromatic rings. The van der Waals surface area contributed by atoms with E-state index in [4.69, 9.17) is 6.42 Å². The Bertz CT molecular complexity index is 462. The maximum atomic E-state index is 5.34. The molecule has 58 valence electrons. The highest BCUT2D eigenvalue weighted by Crippen LogP contribution is 2.34. The predicted molar refractivity (Wildman–Crippen MR) is 57.5 cm³/mol. The van der Waals surface area contributed by atoms with Crippen LogP contribution in [0.25, 0.3) is 10.1 Å². The minimum atomic E-state index is 0.969. The third-order valence-corrected chi connectivity index (χ3v) is 3.85. The first-order valence-electron chi connectivity index (χ1n) is 3.46. The van der Waals surface area contributed by atoms with Gasteiger partial charge in [-0.05, 0) is 22.0 Å². The summed E-state index contributed by atoms with van der Waals surface area (Å²) < 4.78 is 2.28. The zero-order chi connectivity index (χ0) is 8.55. The Balaban J connectivity index is 2.90. The van der Waals surface area contributed by atoms with Crippen LogP contribution in [0, 0.1) is 12.3 Å². The summed E-state index contributed by atoms with van der Waals surface area (Å²) in [5.74, 6) is 2.66. The summed E-state index contributed by atoms with van der Waals surface area (Å²) in [6.45, 7) is 0. The summed E-state index contributed by atoms with van der Waals surface area (Å²) in [5.41, 5.74) is 0. The first-order chi connectivity index (χ1) is 5.83. The largest absolute Gasteiger partial charge is 0.125 e. The molecule has 1 aromatic carbocycles. The van der Waals surface area contributed by atoms with Gasteiger partial charge in [-0.3, -0.25) is 0 Å². The molecule has 0 aliphatic carbocycles. The highest BCUT2D eigenvalue weighted by atomic mass is 79.9. The Morgan fingerprint density at radius 3 is 2.75 bits per heavy atom. The van der Waals surface area contributed by atoms with Crippen LogP contribution in [0.2, 0.25) is 0 Å². The number of hydrogen-bond acceptors (Lipinski definition) is 1. The number of rotatable bonds is 0. The number of benzene rings is 1. The monoisotopic (exact) mass is 236 g/mol. The predicted octanol–water partition coefficient (Wildman–Crippen LogP) is 3.65. The quantitative estimate of drug-likeness (QED) is 0.613. The summed E-state index contributed by atoms with van der Waals surface area (Å²) in [7, 11) is 0. The second-order valence-corrected chi connectivity index (χ2v) is 4.23. The smallest absolute Gasteiger partial charge is 0.0920 e. The van der Waals surface area contributed by atoms with Crippen molar-refractivity contribution in [3.05, 3.63) is 33.6 Å². The summed E-state index contributed by atoms with van der Waals surface area (Å²) in [5, 5.41) is 1.20. The van der Waals surface area contributed by atoms with Gasteiger partial charge in [0, 0.05) is 10.1 Å². The van der Waals surface area contributed by atoms with Crippen LogP contribution in [0.4, 0.5) is 0 Å². The maximum absolute atomic E-state index is 5.34. The SMILES string of the molecule is C#Cc1sc2ccccc2c1Br. The zero-order valence-corrected chi connectivity index (χ0v) is 8.58. The number of thiophene rings is 1. The highest BCUT2D eigenvalue weighted by molar-refractivity contribution is 9.10. The van der Waals surface area contributed by atoms with E-state index in [0.29, 0.717) is 0 Å². The third kappa shape index (κ3) is 1.06. The Morgan fingerprint density at radius 2 is 2.08 bits per heavy atom. The molecule has 0 aliphatic rings. The van der Waals surface area contributed by atoms with E-state index < -0.39 is 0 Å². The van der Waals surface area contributed by atoms with Crippen LogP contribution in [0.5, 0.6) is 0 Å². The van der Waals surface area contributed by atoms with Gasteiger partial charge in [0.05, 0.1) is 9.35 Å². The lowest BCUT2D eigenvalue weighted by Crippen LogP contribution is -1.63.